The van der Waals surface area contributed by atoms with Crippen molar-refractivity contribution < 1.29 is 19.2 Å². The Morgan fingerprint density at radius 3 is 2.79 bits per heavy atom. The highest BCUT2D eigenvalue weighted by Gasteiger charge is 2.37. The Balaban J connectivity index is 1.60. The van der Waals surface area contributed by atoms with Gasteiger partial charge in [0.25, 0.3) is 11.6 Å². The first kappa shape index (κ1) is 19.8. The second-order valence-corrected chi connectivity index (χ2v) is 7.95. The summed E-state index contributed by atoms with van der Waals surface area (Å²) in [5.74, 6) is -0.243. The Morgan fingerprint density at radius 1 is 1.31 bits per heavy atom. The van der Waals surface area contributed by atoms with E-state index in [0.717, 1.165) is 31.0 Å². The van der Waals surface area contributed by atoms with E-state index in [9.17, 15) is 14.9 Å². The Bertz CT molecular complexity index is 914. The lowest BCUT2D eigenvalue weighted by Gasteiger charge is -2.38. The second kappa shape index (κ2) is 8.47. The van der Waals surface area contributed by atoms with Crippen LogP contribution in [0.2, 0.25) is 0 Å². The van der Waals surface area contributed by atoms with Crippen LogP contribution in [0, 0.1) is 10.1 Å². The van der Waals surface area contributed by atoms with Gasteiger partial charge in [-0.05, 0) is 43.2 Å². The van der Waals surface area contributed by atoms with Crippen LogP contribution in [0.5, 0.6) is 0 Å². The second-order valence-electron chi connectivity index (χ2n) is 6.94. The van der Waals surface area contributed by atoms with Crippen molar-refractivity contribution in [2.24, 2.45) is 7.05 Å². The highest BCUT2D eigenvalue weighted by Crippen LogP contribution is 2.35. The van der Waals surface area contributed by atoms with Crippen molar-refractivity contribution in [3.05, 3.63) is 40.2 Å². The quantitative estimate of drug-likeness (QED) is 0.536. The van der Waals surface area contributed by atoms with Gasteiger partial charge in [-0.1, -0.05) is 0 Å². The summed E-state index contributed by atoms with van der Waals surface area (Å²) < 4.78 is 12.9. The van der Waals surface area contributed by atoms with E-state index in [-0.39, 0.29) is 23.2 Å². The number of nitro benzene ring substituents is 1. The number of hydrogen-bond acceptors (Lipinski definition) is 8. The molecule has 11 heteroatoms. The highest BCUT2D eigenvalue weighted by atomic mass is 32.2. The van der Waals surface area contributed by atoms with Gasteiger partial charge in [0.05, 0.1) is 29.1 Å². The molecule has 2 aliphatic rings. The van der Waals surface area contributed by atoms with Crippen molar-refractivity contribution in [1.82, 2.24) is 19.7 Å². The van der Waals surface area contributed by atoms with Crippen LogP contribution in [0.15, 0.2) is 34.6 Å². The lowest BCUT2D eigenvalue weighted by molar-refractivity contribution is -0.387. The Kier molecular flexibility index (Phi) is 5.79. The Hall–Kier alpha value is -2.50. The fourth-order valence-electron chi connectivity index (χ4n) is 3.60. The summed E-state index contributed by atoms with van der Waals surface area (Å²) in [6, 6.07) is 4.37. The number of likely N-dealkylation sites (tertiary alicyclic amines) is 1. The molecule has 1 amide bonds. The average Bonchev–Trinajstić information content (AvgIpc) is 3.40. The van der Waals surface area contributed by atoms with Crippen molar-refractivity contribution >= 4 is 23.4 Å². The molecule has 1 aromatic heterocycles. The number of carbonyl (C=O) groups is 1. The van der Waals surface area contributed by atoms with Gasteiger partial charge >= 0.3 is 0 Å². The lowest BCUT2D eigenvalue weighted by Crippen LogP contribution is -2.50. The molecule has 4 rings (SSSR count). The van der Waals surface area contributed by atoms with Crippen LogP contribution in [0.4, 0.5) is 5.69 Å². The first-order valence-corrected chi connectivity index (χ1v) is 10.2. The monoisotopic (exact) mass is 419 g/mol. The summed E-state index contributed by atoms with van der Waals surface area (Å²) in [5, 5.41) is 19.9. The molecular formula is C18H21N5O5S. The zero-order valence-corrected chi connectivity index (χ0v) is 16.7. The van der Waals surface area contributed by atoms with E-state index in [1.165, 1.54) is 12.4 Å². The molecule has 2 aliphatic heterocycles. The maximum atomic E-state index is 13.2. The lowest BCUT2D eigenvalue weighted by atomic mass is 10.00. The number of aryl methyl sites for hydroxylation is 1. The van der Waals surface area contributed by atoms with Gasteiger partial charge in [0.15, 0.2) is 11.4 Å². The largest absolute Gasteiger partial charge is 0.348 e. The third-order valence-corrected chi connectivity index (χ3v) is 6.16. The molecule has 1 atom stereocenters. The molecule has 0 radical (unpaired) electrons. The molecule has 10 nitrogen and oxygen atoms in total. The van der Waals surface area contributed by atoms with Gasteiger partial charge < -0.3 is 18.9 Å². The molecule has 1 unspecified atom stereocenters. The van der Waals surface area contributed by atoms with E-state index in [1.807, 2.05) is 0 Å². The summed E-state index contributed by atoms with van der Waals surface area (Å²) in [6.07, 6.45) is 3.76. The minimum Gasteiger partial charge on any atom is -0.348 e. The predicted octanol–water partition coefficient (Wildman–Crippen LogP) is 2.24. The number of hydrogen-bond donors (Lipinski definition) is 0. The number of amides is 1. The van der Waals surface area contributed by atoms with Crippen LogP contribution >= 0.6 is 11.8 Å². The molecule has 1 aromatic carbocycles. The van der Waals surface area contributed by atoms with Crippen molar-refractivity contribution in [3.8, 4) is 0 Å². The summed E-state index contributed by atoms with van der Waals surface area (Å²) in [6.45, 7) is 1.61. The Morgan fingerprint density at radius 2 is 2.10 bits per heavy atom. The third-order valence-electron chi connectivity index (χ3n) is 5.05. The maximum absolute atomic E-state index is 13.2. The number of piperidine rings is 1. The molecule has 0 spiro atoms. The van der Waals surface area contributed by atoms with Crippen molar-refractivity contribution in [2.45, 2.75) is 41.6 Å². The van der Waals surface area contributed by atoms with Gasteiger partial charge in [-0.2, -0.15) is 0 Å². The molecule has 0 N–H and O–H groups in total. The molecule has 0 aliphatic carbocycles. The Labute approximate surface area is 171 Å². The number of carbonyl (C=O) groups excluding carboxylic acids is 1. The van der Waals surface area contributed by atoms with Gasteiger partial charge in [0, 0.05) is 25.2 Å². The van der Waals surface area contributed by atoms with E-state index < -0.39 is 11.2 Å². The molecule has 29 heavy (non-hydrogen) atoms. The number of benzene rings is 1. The van der Waals surface area contributed by atoms with E-state index in [0.29, 0.717) is 29.8 Å². The van der Waals surface area contributed by atoms with Crippen LogP contribution in [0.1, 0.15) is 29.6 Å². The molecular weight excluding hydrogens is 398 g/mol. The minimum absolute atomic E-state index is 0.134. The fourth-order valence-corrected chi connectivity index (χ4v) is 4.45. The van der Waals surface area contributed by atoms with Crippen LogP contribution in [-0.4, -0.2) is 62.6 Å². The zero-order valence-electron chi connectivity index (χ0n) is 15.9. The van der Waals surface area contributed by atoms with Gasteiger partial charge in [-0.3, -0.25) is 14.9 Å². The summed E-state index contributed by atoms with van der Waals surface area (Å²) in [7, 11) is 1.76. The van der Waals surface area contributed by atoms with Crippen LogP contribution in [0.25, 0.3) is 0 Å². The average molecular weight is 419 g/mol. The van der Waals surface area contributed by atoms with E-state index in [1.54, 1.807) is 28.6 Å². The van der Waals surface area contributed by atoms with Crippen LogP contribution in [0.3, 0.4) is 0 Å². The molecule has 0 bridgehead atoms. The van der Waals surface area contributed by atoms with Gasteiger partial charge in [-0.15, -0.1) is 10.2 Å². The van der Waals surface area contributed by atoms with Crippen molar-refractivity contribution in [1.29, 1.82) is 0 Å². The number of nitro groups is 1. The number of aromatic nitrogens is 3. The van der Waals surface area contributed by atoms with Crippen LogP contribution in [-0.2, 0) is 16.5 Å². The third kappa shape index (κ3) is 4.11. The normalized spacial score (nSPS) is 20.2. The van der Waals surface area contributed by atoms with Crippen LogP contribution < -0.4 is 0 Å². The van der Waals surface area contributed by atoms with Gasteiger partial charge in [0.2, 0.25) is 0 Å². The zero-order chi connectivity index (χ0) is 20.4. The maximum Gasteiger partial charge on any atom is 0.284 e. The van der Waals surface area contributed by atoms with Crippen molar-refractivity contribution in [2.75, 3.05) is 19.8 Å². The smallest absolute Gasteiger partial charge is 0.284 e. The summed E-state index contributed by atoms with van der Waals surface area (Å²) >= 11 is 1.14. The number of rotatable bonds is 5. The standard InChI is InChI=1S/C18H21N5O5S/c1-21-11-19-20-18(21)29-15-6-5-12(10-14(15)23(25)26)16(24)22-7-3-2-4-13(22)17-27-8-9-28-17/h5-6,10-11,13,17H,2-4,7-9H2,1H3. The summed E-state index contributed by atoms with van der Waals surface area (Å²) in [5.41, 5.74) is 0.148. The number of nitrogens with zero attached hydrogens (tertiary/aromatic N) is 5. The molecule has 2 aromatic rings. The highest BCUT2D eigenvalue weighted by molar-refractivity contribution is 7.99. The SMILES string of the molecule is Cn1cnnc1Sc1ccc(C(=O)N2CCCCC2C2OCCO2)cc1[N+](=O)[O-]. The van der Waals surface area contributed by atoms with Crippen molar-refractivity contribution in [3.63, 3.8) is 0 Å². The molecule has 0 saturated carbocycles. The molecule has 2 fully saturated rings. The van der Waals surface area contributed by atoms with Gasteiger partial charge in [-0.25, -0.2) is 0 Å². The van der Waals surface area contributed by atoms with Gasteiger partial charge in [0.1, 0.15) is 6.33 Å². The molecule has 3 heterocycles. The van der Waals surface area contributed by atoms with E-state index in [4.69, 9.17) is 9.47 Å². The molecule has 154 valence electrons. The number of ether oxygens (including phenoxy) is 2. The fraction of sp³-hybridized carbons (Fsp3) is 0.500. The van der Waals surface area contributed by atoms with E-state index >= 15 is 0 Å². The topological polar surface area (TPSA) is 113 Å². The first-order chi connectivity index (χ1) is 14.0. The predicted molar refractivity (Wildman–Crippen MR) is 103 cm³/mol. The summed E-state index contributed by atoms with van der Waals surface area (Å²) in [4.78, 5) is 26.5. The molecule has 2 saturated heterocycles. The van der Waals surface area contributed by atoms with E-state index in [2.05, 4.69) is 10.2 Å². The minimum atomic E-state index is -0.480. The first-order valence-electron chi connectivity index (χ1n) is 9.39.